The molecule has 0 spiro atoms. The fourth-order valence-electron chi connectivity index (χ4n) is 1.41. The molecule has 0 aliphatic rings. The fraction of sp³-hybridized carbons (Fsp3) is 0.455. The van der Waals surface area contributed by atoms with Crippen LogP contribution in [0.2, 0.25) is 0 Å². The summed E-state index contributed by atoms with van der Waals surface area (Å²) in [7, 11) is 1.54. The molecule has 0 fully saturated rings. The maximum absolute atomic E-state index is 10.7. The van der Waals surface area contributed by atoms with Gasteiger partial charge in [-0.3, -0.25) is 4.79 Å². The van der Waals surface area contributed by atoms with E-state index in [9.17, 15) is 4.79 Å². The molecule has 16 heavy (non-hydrogen) atoms. The van der Waals surface area contributed by atoms with Gasteiger partial charge in [0, 0.05) is 23.5 Å². The fourth-order valence-corrected chi connectivity index (χ4v) is 1.41. The van der Waals surface area contributed by atoms with Gasteiger partial charge in [0.15, 0.2) is 0 Å². The van der Waals surface area contributed by atoms with Gasteiger partial charge in [-0.2, -0.15) is 0 Å². The predicted molar refractivity (Wildman–Crippen MR) is 60.7 cm³/mol. The Hall–Kier alpha value is -1.78. The Kier molecular flexibility index (Phi) is 3.71. The van der Waals surface area contributed by atoms with Gasteiger partial charge < -0.3 is 15.2 Å². The molecule has 2 N–H and O–H groups in total. The monoisotopic (exact) mass is 224 g/mol. The molecule has 0 aromatic carbocycles. The second kappa shape index (κ2) is 4.83. The van der Waals surface area contributed by atoms with Crippen LogP contribution in [0.4, 0.5) is 5.69 Å². The third kappa shape index (κ3) is 3.76. The normalized spacial score (nSPS) is 10.9. The van der Waals surface area contributed by atoms with Gasteiger partial charge in [0.05, 0.1) is 13.5 Å². The molecule has 88 valence electrons. The molecule has 0 radical (unpaired) electrons. The van der Waals surface area contributed by atoms with E-state index in [4.69, 9.17) is 9.84 Å². The van der Waals surface area contributed by atoms with Crippen LogP contribution >= 0.6 is 0 Å². The van der Waals surface area contributed by atoms with Gasteiger partial charge in [-0.05, 0) is 19.9 Å². The lowest BCUT2D eigenvalue weighted by Crippen LogP contribution is -2.33. The molecule has 5 heteroatoms. The summed E-state index contributed by atoms with van der Waals surface area (Å²) >= 11 is 0. The minimum absolute atomic E-state index is 0.0393. The van der Waals surface area contributed by atoms with Crippen molar-refractivity contribution in [2.75, 3.05) is 12.4 Å². The molecular weight excluding hydrogens is 208 g/mol. The van der Waals surface area contributed by atoms with E-state index in [-0.39, 0.29) is 6.42 Å². The third-order valence-corrected chi connectivity index (χ3v) is 2.02. The summed E-state index contributed by atoms with van der Waals surface area (Å²) in [6.45, 7) is 3.65. The van der Waals surface area contributed by atoms with E-state index < -0.39 is 11.5 Å². The van der Waals surface area contributed by atoms with Gasteiger partial charge >= 0.3 is 5.97 Å². The molecule has 1 heterocycles. The zero-order valence-corrected chi connectivity index (χ0v) is 9.65. The number of nitrogens with zero attached hydrogens (tertiary/aromatic N) is 1. The van der Waals surface area contributed by atoms with Crippen molar-refractivity contribution in [1.29, 1.82) is 0 Å². The van der Waals surface area contributed by atoms with Gasteiger partial charge in [-0.1, -0.05) is 0 Å². The summed E-state index contributed by atoms with van der Waals surface area (Å²) in [5.41, 5.74) is 0.274. The smallest absolute Gasteiger partial charge is 0.305 e. The number of carboxylic acid groups (broad SMARTS) is 1. The van der Waals surface area contributed by atoms with Crippen molar-refractivity contribution in [3.05, 3.63) is 18.3 Å². The quantitative estimate of drug-likeness (QED) is 0.797. The number of rotatable bonds is 5. The number of hydrogen-bond donors (Lipinski definition) is 2. The predicted octanol–water partition coefficient (Wildman–Crippen LogP) is 1.76. The van der Waals surface area contributed by atoms with E-state index in [1.165, 1.54) is 7.11 Å². The Balaban J connectivity index is 2.75. The van der Waals surface area contributed by atoms with Gasteiger partial charge in [0.25, 0.3) is 0 Å². The Bertz CT molecular complexity index is 377. The summed E-state index contributed by atoms with van der Waals surface area (Å²) in [4.78, 5) is 14.6. The van der Waals surface area contributed by atoms with Crippen molar-refractivity contribution in [2.45, 2.75) is 25.8 Å². The van der Waals surface area contributed by atoms with Crippen LogP contribution in [0.15, 0.2) is 18.3 Å². The maximum atomic E-state index is 10.7. The van der Waals surface area contributed by atoms with Crippen LogP contribution in [-0.2, 0) is 4.79 Å². The number of hydrogen-bond acceptors (Lipinski definition) is 4. The largest absolute Gasteiger partial charge is 0.481 e. The van der Waals surface area contributed by atoms with Crippen molar-refractivity contribution in [3.8, 4) is 5.88 Å². The van der Waals surface area contributed by atoms with Crippen molar-refractivity contribution in [1.82, 2.24) is 4.98 Å². The second-order valence-corrected chi connectivity index (χ2v) is 4.17. The minimum Gasteiger partial charge on any atom is -0.481 e. The van der Waals surface area contributed by atoms with Crippen LogP contribution in [0.3, 0.4) is 0 Å². The SMILES string of the molecule is COc1cc(NC(C)(C)CC(=O)O)ccn1. The summed E-state index contributed by atoms with van der Waals surface area (Å²) in [6, 6.07) is 3.50. The van der Waals surface area contributed by atoms with Gasteiger partial charge in [-0.15, -0.1) is 0 Å². The number of ether oxygens (including phenoxy) is 1. The summed E-state index contributed by atoms with van der Waals surface area (Å²) in [6.07, 6.45) is 1.65. The Morgan fingerprint density at radius 1 is 1.62 bits per heavy atom. The highest BCUT2D eigenvalue weighted by Crippen LogP contribution is 2.20. The van der Waals surface area contributed by atoms with E-state index in [2.05, 4.69) is 10.3 Å². The number of methoxy groups -OCH3 is 1. The van der Waals surface area contributed by atoms with E-state index in [0.29, 0.717) is 5.88 Å². The molecule has 0 amide bonds. The average Bonchev–Trinajstić information content (AvgIpc) is 2.15. The molecule has 0 unspecified atom stereocenters. The number of pyridine rings is 1. The molecule has 0 saturated heterocycles. The molecule has 0 atom stereocenters. The Morgan fingerprint density at radius 2 is 2.31 bits per heavy atom. The lowest BCUT2D eigenvalue weighted by Gasteiger charge is -2.25. The van der Waals surface area contributed by atoms with Gasteiger partial charge in [0.2, 0.25) is 5.88 Å². The van der Waals surface area contributed by atoms with E-state index in [1.54, 1.807) is 18.3 Å². The van der Waals surface area contributed by atoms with Crippen molar-refractivity contribution in [2.24, 2.45) is 0 Å². The van der Waals surface area contributed by atoms with E-state index in [1.807, 2.05) is 13.8 Å². The van der Waals surface area contributed by atoms with Crippen LogP contribution < -0.4 is 10.1 Å². The number of aliphatic carboxylic acids is 1. The molecule has 1 aromatic heterocycles. The van der Waals surface area contributed by atoms with E-state index >= 15 is 0 Å². The number of carbonyl (C=O) groups is 1. The highest BCUT2D eigenvalue weighted by atomic mass is 16.5. The Labute approximate surface area is 94.5 Å². The first-order chi connectivity index (χ1) is 7.43. The van der Waals surface area contributed by atoms with Crippen molar-refractivity contribution in [3.63, 3.8) is 0 Å². The van der Waals surface area contributed by atoms with Crippen LogP contribution in [0.5, 0.6) is 5.88 Å². The zero-order chi connectivity index (χ0) is 12.2. The second-order valence-electron chi connectivity index (χ2n) is 4.17. The van der Waals surface area contributed by atoms with Gasteiger partial charge in [-0.25, -0.2) is 4.98 Å². The van der Waals surface area contributed by atoms with Crippen LogP contribution in [0.25, 0.3) is 0 Å². The molecule has 0 aliphatic heterocycles. The molecule has 5 nitrogen and oxygen atoms in total. The van der Waals surface area contributed by atoms with Crippen molar-refractivity contribution < 1.29 is 14.6 Å². The van der Waals surface area contributed by atoms with Crippen molar-refractivity contribution >= 4 is 11.7 Å². The Morgan fingerprint density at radius 3 is 2.88 bits per heavy atom. The molecule has 1 aromatic rings. The van der Waals surface area contributed by atoms with Crippen LogP contribution in [0.1, 0.15) is 20.3 Å². The molecule has 0 aliphatic carbocycles. The third-order valence-electron chi connectivity index (χ3n) is 2.02. The molecule has 1 rings (SSSR count). The molecule has 0 saturated carbocycles. The number of aromatic nitrogens is 1. The topological polar surface area (TPSA) is 71.5 Å². The molecule has 0 bridgehead atoms. The minimum atomic E-state index is -0.835. The first kappa shape index (κ1) is 12.3. The number of anilines is 1. The number of nitrogens with one attached hydrogen (secondary N) is 1. The van der Waals surface area contributed by atoms with Gasteiger partial charge in [0.1, 0.15) is 0 Å². The highest BCUT2D eigenvalue weighted by Gasteiger charge is 2.21. The lowest BCUT2D eigenvalue weighted by molar-refractivity contribution is -0.137. The highest BCUT2D eigenvalue weighted by molar-refractivity contribution is 5.69. The summed E-state index contributed by atoms with van der Waals surface area (Å²) < 4.78 is 4.98. The lowest BCUT2D eigenvalue weighted by atomic mass is 10.0. The van der Waals surface area contributed by atoms with Crippen LogP contribution in [-0.4, -0.2) is 28.7 Å². The number of carboxylic acids is 1. The first-order valence-corrected chi connectivity index (χ1v) is 4.93. The summed E-state index contributed by atoms with van der Waals surface area (Å²) in [5, 5.41) is 11.9. The first-order valence-electron chi connectivity index (χ1n) is 4.93. The maximum Gasteiger partial charge on any atom is 0.305 e. The molecular formula is C11H16N2O3. The average molecular weight is 224 g/mol. The standard InChI is InChI=1S/C11H16N2O3/c1-11(2,7-10(14)15)13-8-4-5-12-9(6-8)16-3/h4-6H,7H2,1-3H3,(H,12,13)(H,14,15). The summed E-state index contributed by atoms with van der Waals surface area (Å²) in [5.74, 6) is -0.338. The zero-order valence-electron chi connectivity index (χ0n) is 9.65. The van der Waals surface area contributed by atoms with Crippen LogP contribution in [0, 0.1) is 0 Å². The van der Waals surface area contributed by atoms with E-state index in [0.717, 1.165) is 5.69 Å².